The maximum absolute atomic E-state index is 13.8. The van der Waals surface area contributed by atoms with E-state index >= 15 is 0 Å². The number of aryl methyl sites for hydroxylation is 1. The van der Waals surface area contributed by atoms with E-state index in [9.17, 15) is 4.79 Å². The average molecular weight is 490 g/mol. The molecule has 1 fully saturated rings. The molecule has 7 nitrogen and oxygen atoms in total. The molecule has 2 aromatic carbocycles. The van der Waals surface area contributed by atoms with Crippen molar-refractivity contribution in [1.29, 1.82) is 0 Å². The number of aromatic nitrogens is 1. The summed E-state index contributed by atoms with van der Waals surface area (Å²) in [5.41, 5.74) is 2.29. The van der Waals surface area contributed by atoms with Crippen LogP contribution in [0.1, 0.15) is 22.3 Å². The highest BCUT2D eigenvalue weighted by atomic mass is 35.5. The summed E-state index contributed by atoms with van der Waals surface area (Å²) in [5, 5.41) is 1.31. The number of amides is 1. The molecule has 0 aliphatic carbocycles. The Bertz CT molecular complexity index is 1130. The van der Waals surface area contributed by atoms with E-state index in [1.807, 2.05) is 19.1 Å². The minimum absolute atomic E-state index is 0.171. The SMILES string of the molecule is COc1cccc(C(=O)N(CCCN2CCOCC2)c2nc3c(C)cc(Cl)cc3s2)c1OC. The van der Waals surface area contributed by atoms with Gasteiger partial charge in [0.1, 0.15) is 0 Å². The largest absolute Gasteiger partial charge is 0.493 e. The van der Waals surface area contributed by atoms with Crippen LogP contribution in [0.25, 0.3) is 10.2 Å². The fourth-order valence-electron chi connectivity index (χ4n) is 4.02. The van der Waals surface area contributed by atoms with Crippen LogP contribution in [0.5, 0.6) is 11.5 Å². The Kier molecular flexibility index (Phi) is 7.70. The van der Waals surface area contributed by atoms with E-state index in [1.54, 1.807) is 37.3 Å². The molecule has 1 saturated heterocycles. The number of fused-ring (bicyclic) bond motifs is 1. The molecular formula is C24H28ClN3O4S. The lowest BCUT2D eigenvalue weighted by Crippen LogP contribution is -2.39. The van der Waals surface area contributed by atoms with Crippen LogP contribution in [0.4, 0.5) is 5.13 Å². The number of nitrogens with zero attached hydrogens (tertiary/aromatic N) is 3. The predicted octanol–water partition coefficient (Wildman–Crippen LogP) is 4.64. The number of carbonyl (C=O) groups excluding carboxylic acids is 1. The van der Waals surface area contributed by atoms with Crippen molar-refractivity contribution in [2.24, 2.45) is 0 Å². The number of morpholine rings is 1. The lowest BCUT2D eigenvalue weighted by Gasteiger charge is -2.28. The second-order valence-electron chi connectivity index (χ2n) is 7.87. The molecule has 9 heteroatoms. The smallest absolute Gasteiger partial charge is 0.263 e. The summed E-state index contributed by atoms with van der Waals surface area (Å²) >= 11 is 7.74. The number of thiazole rings is 1. The number of carbonyl (C=O) groups is 1. The van der Waals surface area contributed by atoms with Gasteiger partial charge in [-0.05, 0) is 43.2 Å². The molecule has 0 bridgehead atoms. The van der Waals surface area contributed by atoms with Gasteiger partial charge in [-0.25, -0.2) is 4.98 Å². The van der Waals surface area contributed by atoms with Gasteiger partial charge in [0.2, 0.25) is 0 Å². The first-order valence-corrected chi connectivity index (χ1v) is 12.1. The number of ether oxygens (including phenoxy) is 3. The highest BCUT2D eigenvalue weighted by Gasteiger charge is 2.26. The van der Waals surface area contributed by atoms with Crippen molar-refractivity contribution in [3.63, 3.8) is 0 Å². The van der Waals surface area contributed by atoms with Gasteiger partial charge in [-0.2, -0.15) is 0 Å². The van der Waals surface area contributed by atoms with Gasteiger partial charge in [-0.1, -0.05) is 29.0 Å². The monoisotopic (exact) mass is 489 g/mol. The Morgan fingerprint density at radius 3 is 2.76 bits per heavy atom. The van der Waals surface area contributed by atoms with E-state index in [-0.39, 0.29) is 5.91 Å². The van der Waals surface area contributed by atoms with Crippen molar-refractivity contribution in [3.05, 3.63) is 46.5 Å². The van der Waals surface area contributed by atoms with E-state index < -0.39 is 0 Å². The molecule has 1 aliphatic rings. The summed E-state index contributed by atoms with van der Waals surface area (Å²) in [6.45, 7) is 6.73. The molecule has 0 spiro atoms. The van der Waals surface area contributed by atoms with Gasteiger partial charge in [0.25, 0.3) is 5.91 Å². The highest BCUT2D eigenvalue weighted by molar-refractivity contribution is 7.22. The number of para-hydroxylation sites is 1. The molecule has 33 heavy (non-hydrogen) atoms. The summed E-state index contributed by atoms with van der Waals surface area (Å²) in [6.07, 6.45) is 0.813. The summed E-state index contributed by atoms with van der Waals surface area (Å²) < 4.78 is 17.3. The predicted molar refractivity (Wildman–Crippen MR) is 132 cm³/mol. The standard InChI is InChI=1S/C24H28ClN3O4S/c1-16-14-17(25)15-20-21(16)26-24(33-20)28(9-5-8-27-10-12-32-13-11-27)23(29)18-6-4-7-19(30-2)22(18)31-3/h4,6-7,14-15H,5,8-13H2,1-3H3. The quantitative estimate of drug-likeness (QED) is 0.459. The fraction of sp³-hybridized carbons (Fsp3) is 0.417. The van der Waals surface area contributed by atoms with Crippen molar-refractivity contribution in [2.45, 2.75) is 13.3 Å². The topological polar surface area (TPSA) is 64.1 Å². The van der Waals surface area contributed by atoms with Crippen LogP contribution in [0.3, 0.4) is 0 Å². The average Bonchev–Trinajstić information content (AvgIpc) is 3.25. The zero-order valence-corrected chi connectivity index (χ0v) is 20.7. The van der Waals surface area contributed by atoms with Crippen LogP contribution >= 0.6 is 22.9 Å². The Morgan fingerprint density at radius 1 is 1.24 bits per heavy atom. The van der Waals surface area contributed by atoms with Crippen molar-refractivity contribution in [1.82, 2.24) is 9.88 Å². The molecule has 1 amide bonds. The maximum atomic E-state index is 13.8. The van der Waals surface area contributed by atoms with Crippen molar-refractivity contribution in [3.8, 4) is 11.5 Å². The van der Waals surface area contributed by atoms with Crippen LogP contribution < -0.4 is 14.4 Å². The normalized spacial score (nSPS) is 14.4. The number of hydrogen-bond acceptors (Lipinski definition) is 7. The van der Waals surface area contributed by atoms with Gasteiger partial charge in [-0.15, -0.1) is 0 Å². The first kappa shape index (κ1) is 23.8. The van der Waals surface area contributed by atoms with Gasteiger partial charge in [0, 0.05) is 31.2 Å². The molecular weight excluding hydrogens is 462 g/mol. The highest BCUT2D eigenvalue weighted by Crippen LogP contribution is 2.36. The Balaban J connectivity index is 1.67. The van der Waals surface area contributed by atoms with E-state index in [0.29, 0.717) is 33.8 Å². The van der Waals surface area contributed by atoms with E-state index in [2.05, 4.69) is 4.90 Å². The van der Waals surface area contributed by atoms with Gasteiger partial charge < -0.3 is 14.2 Å². The van der Waals surface area contributed by atoms with E-state index in [0.717, 1.165) is 55.0 Å². The van der Waals surface area contributed by atoms with Gasteiger partial charge in [0.15, 0.2) is 16.6 Å². The Hall–Kier alpha value is -2.39. The third-order valence-corrected chi connectivity index (χ3v) is 6.95. The maximum Gasteiger partial charge on any atom is 0.263 e. The lowest BCUT2D eigenvalue weighted by molar-refractivity contribution is 0.0376. The minimum atomic E-state index is -0.171. The lowest BCUT2D eigenvalue weighted by atomic mass is 10.1. The second kappa shape index (κ2) is 10.7. The molecule has 4 rings (SSSR count). The third-order valence-electron chi connectivity index (χ3n) is 5.71. The second-order valence-corrected chi connectivity index (χ2v) is 9.32. The first-order chi connectivity index (χ1) is 16.0. The molecule has 1 aliphatic heterocycles. The first-order valence-electron chi connectivity index (χ1n) is 10.9. The number of rotatable bonds is 8. The van der Waals surface area contributed by atoms with Crippen molar-refractivity contribution >= 4 is 44.2 Å². The summed E-state index contributed by atoms with van der Waals surface area (Å²) in [4.78, 5) is 22.7. The molecule has 0 N–H and O–H groups in total. The molecule has 1 aromatic heterocycles. The molecule has 176 valence electrons. The molecule has 0 atom stereocenters. The van der Waals surface area contributed by atoms with E-state index in [4.69, 9.17) is 30.8 Å². The van der Waals surface area contributed by atoms with Crippen LogP contribution in [0, 0.1) is 6.92 Å². The van der Waals surface area contributed by atoms with Gasteiger partial charge in [0.05, 0.1) is 43.2 Å². The molecule has 0 radical (unpaired) electrons. The number of anilines is 1. The Labute approximate surface area is 202 Å². The Morgan fingerprint density at radius 2 is 2.03 bits per heavy atom. The molecule has 3 aromatic rings. The van der Waals surface area contributed by atoms with Crippen molar-refractivity contribution < 1.29 is 19.0 Å². The van der Waals surface area contributed by atoms with Crippen molar-refractivity contribution in [2.75, 3.05) is 58.5 Å². The van der Waals surface area contributed by atoms with Crippen LogP contribution in [-0.4, -0.2) is 69.4 Å². The number of methoxy groups -OCH3 is 2. The third kappa shape index (κ3) is 5.24. The molecule has 0 unspecified atom stereocenters. The minimum Gasteiger partial charge on any atom is -0.493 e. The molecule has 0 saturated carbocycles. The number of benzene rings is 2. The zero-order valence-electron chi connectivity index (χ0n) is 19.1. The van der Waals surface area contributed by atoms with Crippen LogP contribution in [0.2, 0.25) is 5.02 Å². The summed E-state index contributed by atoms with van der Waals surface area (Å²) in [5.74, 6) is 0.766. The zero-order chi connectivity index (χ0) is 23.4. The van der Waals surface area contributed by atoms with Gasteiger partial charge >= 0.3 is 0 Å². The van der Waals surface area contributed by atoms with E-state index in [1.165, 1.54) is 11.3 Å². The molecule has 2 heterocycles. The summed E-state index contributed by atoms with van der Waals surface area (Å²) in [6, 6.07) is 9.12. The fourth-order valence-corrected chi connectivity index (χ4v) is 5.46. The van der Waals surface area contributed by atoms with Crippen LogP contribution in [0.15, 0.2) is 30.3 Å². The van der Waals surface area contributed by atoms with Gasteiger partial charge in [-0.3, -0.25) is 14.6 Å². The summed E-state index contributed by atoms with van der Waals surface area (Å²) in [7, 11) is 3.10. The number of halogens is 1. The van der Waals surface area contributed by atoms with Crippen LogP contribution in [-0.2, 0) is 4.74 Å². The number of hydrogen-bond donors (Lipinski definition) is 0.